The summed E-state index contributed by atoms with van der Waals surface area (Å²) in [6, 6.07) is 14.9. The summed E-state index contributed by atoms with van der Waals surface area (Å²) >= 11 is 0. The molecule has 1 fully saturated rings. The molecule has 0 saturated carbocycles. The summed E-state index contributed by atoms with van der Waals surface area (Å²) in [5.74, 6) is 0.837. The van der Waals surface area contributed by atoms with Crippen LogP contribution in [0.15, 0.2) is 48.5 Å². The van der Waals surface area contributed by atoms with E-state index in [-0.39, 0.29) is 12.4 Å². The van der Waals surface area contributed by atoms with Crippen LogP contribution in [0.3, 0.4) is 0 Å². The molecule has 0 aromatic heterocycles. The van der Waals surface area contributed by atoms with Crippen molar-refractivity contribution in [1.29, 1.82) is 0 Å². The van der Waals surface area contributed by atoms with E-state index in [0.29, 0.717) is 18.3 Å². The van der Waals surface area contributed by atoms with E-state index in [1.54, 1.807) is 24.3 Å². The van der Waals surface area contributed by atoms with E-state index < -0.39 is 6.10 Å². The highest BCUT2D eigenvalue weighted by Crippen LogP contribution is 2.21. The zero-order valence-electron chi connectivity index (χ0n) is 14.8. The number of phenols is 1. The number of nitrogens with one attached hydrogen (secondary N) is 1. The Labute approximate surface area is 154 Å². The van der Waals surface area contributed by atoms with Gasteiger partial charge in [-0.05, 0) is 61.4 Å². The van der Waals surface area contributed by atoms with E-state index in [9.17, 15) is 10.2 Å². The van der Waals surface area contributed by atoms with E-state index in [4.69, 9.17) is 10.5 Å². The number of aliphatic hydroxyl groups is 1. The Morgan fingerprint density at radius 1 is 1.08 bits per heavy atom. The summed E-state index contributed by atoms with van der Waals surface area (Å²) in [6.45, 7) is 2.70. The number of benzene rings is 2. The van der Waals surface area contributed by atoms with Crippen molar-refractivity contribution in [2.45, 2.75) is 25.0 Å². The second kappa shape index (κ2) is 8.78. The molecule has 2 aromatic rings. The highest BCUT2D eigenvalue weighted by Gasteiger charge is 2.20. The maximum Gasteiger partial charge on any atom is 0.119 e. The molecule has 26 heavy (non-hydrogen) atoms. The number of nitrogen functional groups attached to an aromatic ring is 1. The Hall–Kier alpha value is -2.44. The molecule has 0 radical (unpaired) electrons. The van der Waals surface area contributed by atoms with Gasteiger partial charge in [-0.3, -0.25) is 0 Å². The van der Waals surface area contributed by atoms with Gasteiger partial charge in [0.15, 0.2) is 0 Å². The number of nitrogens with zero attached hydrogens (tertiary/aromatic N) is 1. The third kappa shape index (κ3) is 5.28. The van der Waals surface area contributed by atoms with Gasteiger partial charge in [-0.15, -0.1) is 0 Å². The molecule has 6 heteroatoms. The van der Waals surface area contributed by atoms with Crippen molar-refractivity contribution in [2.24, 2.45) is 0 Å². The third-order valence-electron chi connectivity index (χ3n) is 4.67. The minimum absolute atomic E-state index is 0.199. The Balaban J connectivity index is 1.35. The van der Waals surface area contributed by atoms with Crippen LogP contribution in [0.1, 0.15) is 12.8 Å². The van der Waals surface area contributed by atoms with Gasteiger partial charge in [0.2, 0.25) is 0 Å². The fourth-order valence-corrected chi connectivity index (χ4v) is 3.12. The first-order valence-corrected chi connectivity index (χ1v) is 9.04. The van der Waals surface area contributed by atoms with Crippen molar-refractivity contribution in [1.82, 2.24) is 5.32 Å². The van der Waals surface area contributed by atoms with Crippen LogP contribution in [0.25, 0.3) is 0 Å². The molecular formula is C20H27N3O3. The number of aliphatic hydroxyl groups excluding tert-OH is 1. The Bertz CT molecular complexity index is 668. The summed E-state index contributed by atoms with van der Waals surface area (Å²) in [5.41, 5.74) is 7.74. The molecule has 0 amide bonds. The fourth-order valence-electron chi connectivity index (χ4n) is 3.12. The number of nitrogens with two attached hydrogens (primary N) is 1. The highest BCUT2D eigenvalue weighted by molar-refractivity contribution is 5.53. The van der Waals surface area contributed by atoms with Gasteiger partial charge >= 0.3 is 0 Å². The van der Waals surface area contributed by atoms with Crippen LogP contribution in [-0.4, -0.2) is 48.6 Å². The largest absolute Gasteiger partial charge is 0.508 e. The lowest BCUT2D eigenvalue weighted by molar-refractivity contribution is 0.102. The van der Waals surface area contributed by atoms with E-state index in [0.717, 1.165) is 31.6 Å². The van der Waals surface area contributed by atoms with Gasteiger partial charge in [0.1, 0.15) is 24.2 Å². The molecule has 0 aliphatic carbocycles. The molecule has 6 nitrogen and oxygen atoms in total. The summed E-state index contributed by atoms with van der Waals surface area (Å²) in [7, 11) is 0. The lowest BCUT2D eigenvalue weighted by Crippen LogP contribution is -2.45. The van der Waals surface area contributed by atoms with Gasteiger partial charge in [-0.25, -0.2) is 0 Å². The summed E-state index contributed by atoms with van der Waals surface area (Å²) < 4.78 is 5.53. The van der Waals surface area contributed by atoms with Gasteiger partial charge in [-0.1, -0.05) is 0 Å². The number of anilines is 2. The summed E-state index contributed by atoms with van der Waals surface area (Å²) in [4.78, 5) is 2.36. The molecule has 0 unspecified atom stereocenters. The maximum atomic E-state index is 10.1. The minimum atomic E-state index is -0.570. The Kier molecular flexibility index (Phi) is 6.20. The average molecular weight is 357 g/mol. The Morgan fingerprint density at radius 2 is 1.73 bits per heavy atom. The van der Waals surface area contributed by atoms with Crippen LogP contribution in [0.4, 0.5) is 11.4 Å². The highest BCUT2D eigenvalue weighted by atomic mass is 16.5. The molecular weight excluding hydrogens is 330 g/mol. The van der Waals surface area contributed by atoms with Crippen molar-refractivity contribution in [3.05, 3.63) is 48.5 Å². The number of aromatic hydroxyl groups is 1. The minimum Gasteiger partial charge on any atom is -0.508 e. The van der Waals surface area contributed by atoms with Crippen molar-refractivity contribution in [2.75, 3.05) is 36.9 Å². The molecule has 1 aliphatic rings. The van der Waals surface area contributed by atoms with E-state index in [1.165, 1.54) is 5.69 Å². The normalized spacial score (nSPS) is 16.4. The number of ether oxygens (including phenoxy) is 1. The summed E-state index contributed by atoms with van der Waals surface area (Å²) in [6.07, 6.45) is 1.50. The number of hydrogen-bond donors (Lipinski definition) is 4. The van der Waals surface area contributed by atoms with Gasteiger partial charge in [-0.2, -0.15) is 0 Å². The number of piperidine rings is 1. The van der Waals surface area contributed by atoms with Crippen LogP contribution >= 0.6 is 0 Å². The van der Waals surface area contributed by atoms with Gasteiger partial charge in [0.05, 0.1) is 0 Å². The predicted molar refractivity (Wildman–Crippen MR) is 104 cm³/mol. The predicted octanol–water partition coefficient (Wildman–Crippen LogP) is 1.97. The number of hydrogen-bond acceptors (Lipinski definition) is 6. The SMILES string of the molecule is Nc1ccc(N2CCC(NC[C@H](O)COc3ccc(O)cc3)CC2)cc1. The molecule has 1 atom stereocenters. The van der Waals surface area contributed by atoms with E-state index in [2.05, 4.69) is 22.3 Å². The molecule has 0 bridgehead atoms. The third-order valence-corrected chi connectivity index (χ3v) is 4.67. The van der Waals surface area contributed by atoms with E-state index >= 15 is 0 Å². The zero-order valence-corrected chi connectivity index (χ0v) is 14.8. The molecule has 5 N–H and O–H groups in total. The standard InChI is InChI=1S/C20H27N3O3/c21-15-1-3-17(4-2-15)23-11-9-16(10-12-23)22-13-19(25)14-26-20-7-5-18(24)6-8-20/h1-8,16,19,22,24-25H,9-14,21H2/t19-/m0/s1. The molecule has 1 aliphatic heterocycles. The van der Waals surface area contributed by atoms with Crippen LogP contribution in [0, 0.1) is 0 Å². The molecule has 140 valence electrons. The van der Waals surface area contributed by atoms with Crippen molar-refractivity contribution in [3.63, 3.8) is 0 Å². The van der Waals surface area contributed by atoms with Crippen LogP contribution < -0.4 is 20.7 Å². The monoisotopic (exact) mass is 357 g/mol. The van der Waals surface area contributed by atoms with Crippen molar-refractivity contribution < 1.29 is 14.9 Å². The van der Waals surface area contributed by atoms with Gasteiger partial charge < -0.3 is 30.9 Å². The number of rotatable bonds is 7. The first-order valence-electron chi connectivity index (χ1n) is 9.04. The zero-order chi connectivity index (χ0) is 18.4. The first-order chi connectivity index (χ1) is 12.6. The van der Waals surface area contributed by atoms with Crippen LogP contribution in [0.2, 0.25) is 0 Å². The van der Waals surface area contributed by atoms with Crippen LogP contribution in [-0.2, 0) is 0 Å². The first kappa shape index (κ1) is 18.4. The van der Waals surface area contributed by atoms with Gasteiger partial charge in [0.25, 0.3) is 0 Å². The second-order valence-electron chi connectivity index (χ2n) is 6.72. The lowest BCUT2D eigenvalue weighted by Gasteiger charge is -2.34. The Morgan fingerprint density at radius 3 is 2.38 bits per heavy atom. The number of phenolic OH excluding ortho intramolecular Hbond substituents is 1. The summed E-state index contributed by atoms with van der Waals surface area (Å²) in [5, 5.41) is 22.8. The molecule has 1 heterocycles. The topological polar surface area (TPSA) is 91.0 Å². The van der Waals surface area contributed by atoms with E-state index in [1.807, 2.05) is 12.1 Å². The molecule has 3 rings (SSSR count). The molecule has 0 spiro atoms. The molecule has 2 aromatic carbocycles. The smallest absolute Gasteiger partial charge is 0.119 e. The quantitative estimate of drug-likeness (QED) is 0.567. The van der Waals surface area contributed by atoms with Gasteiger partial charge in [0, 0.05) is 37.1 Å². The average Bonchev–Trinajstić information content (AvgIpc) is 2.67. The van der Waals surface area contributed by atoms with Crippen molar-refractivity contribution in [3.8, 4) is 11.5 Å². The maximum absolute atomic E-state index is 10.1. The molecule has 1 saturated heterocycles. The lowest BCUT2D eigenvalue weighted by atomic mass is 10.0. The fraction of sp³-hybridized carbons (Fsp3) is 0.400. The van der Waals surface area contributed by atoms with Crippen molar-refractivity contribution >= 4 is 11.4 Å². The van der Waals surface area contributed by atoms with Crippen LogP contribution in [0.5, 0.6) is 11.5 Å². The second-order valence-corrected chi connectivity index (χ2v) is 6.72.